The largest absolute Gasteiger partial charge is 0.473 e. The van der Waals surface area contributed by atoms with Crippen LogP contribution in [0.4, 0.5) is 0 Å². The van der Waals surface area contributed by atoms with Crippen molar-refractivity contribution in [2.45, 2.75) is 25.0 Å². The molecule has 1 aromatic rings. The number of benzene rings is 1. The summed E-state index contributed by atoms with van der Waals surface area (Å²) in [6.45, 7) is 4.06. The van der Waals surface area contributed by atoms with Crippen LogP contribution in [0.1, 0.15) is 24.8 Å². The molecule has 1 atom stereocenters. The number of nitrogens with zero attached hydrogens (tertiary/aromatic N) is 2. The van der Waals surface area contributed by atoms with E-state index in [1.165, 1.54) is 19.3 Å². The van der Waals surface area contributed by atoms with Gasteiger partial charge in [0.2, 0.25) is 10.0 Å². The number of aliphatic carboxylic acids is 2. The number of carbonyl (C=O) groups is 2. The number of sulfonamides is 1. The zero-order chi connectivity index (χ0) is 21.3. The number of rotatable bonds is 5. The van der Waals surface area contributed by atoms with Gasteiger partial charge in [0.25, 0.3) is 0 Å². The lowest BCUT2D eigenvalue weighted by molar-refractivity contribution is -0.159. The van der Waals surface area contributed by atoms with Gasteiger partial charge in [-0.3, -0.25) is 0 Å². The van der Waals surface area contributed by atoms with Crippen LogP contribution in [0.25, 0.3) is 0 Å². The number of hydrogen-bond acceptors (Lipinski definition) is 5. The Labute approximate surface area is 171 Å². The van der Waals surface area contributed by atoms with E-state index in [2.05, 4.69) is 17.1 Å². The van der Waals surface area contributed by atoms with Gasteiger partial charge in [-0.25, -0.2) is 18.0 Å². The van der Waals surface area contributed by atoms with Crippen molar-refractivity contribution in [1.29, 1.82) is 0 Å². The molecule has 1 heterocycles. The standard InChI is InChI=1S/C18H26N2O2S.C2H2O4/c21-23(22,16-18-9-5-2-6-10-18)20-13-11-19(12-14-20)15-17-7-3-1-4-8-17;3-1(4)2(5)6/h1-3,5-6,9-10,17H,4,7-8,11-16H2;(H,3,4)(H,5,6). The minimum absolute atomic E-state index is 0.112. The van der Waals surface area contributed by atoms with Crippen molar-refractivity contribution >= 4 is 22.0 Å². The first-order chi connectivity index (χ1) is 13.8. The van der Waals surface area contributed by atoms with Gasteiger partial charge in [-0.1, -0.05) is 42.5 Å². The molecule has 1 aliphatic heterocycles. The Kier molecular flexibility index (Phi) is 8.81. The van der Waals surface area contributed by atoms with E-state index in [-0.39, 0.29) is 5.75 Å². The number of carboxylic acid groups (broad SMARTS) is 2. The molecular weight excluding hydrogens is 396 g/mol. The van der Waals surface area contributed by atoms with Crippen LogP contribution in [-0.4, -0.2) is 72.5 Å². The summed E-state index contributed by atoms with van der Waals surface area (Å²) in [5.74, 6) is -2.79. The Morgan fingerprint density at radius 3 is 2.10 bits per heavy atom. The summed E-state index contributed by atoms with van der Waals surface area (Å²) in [4.78, 5) is 20.6. The van der Waals surface area contributed by atoms with Crippen molar-refractivity contribution in [3.63, 3.8) is 0 Å². The Balaban J connectivity index is 0.000000438. The highest BCUT2D eigenvalue weighted by Crippen LogP contribution is 2.21. The molecule has 1 unspecified atom stereocenters. The van der Waals surface area contributed by atoms with E-state index in [1.54, 1.807) is 4.31 Å². The first-order valence-corrected chi connectivity index (χ1v) is 11.2. The van der Waals surface area contributed by atoms with Gasteiger partial charge in [0, 0.05) is 32.7 Å². The summed E-state index contributed by atoms with van der Waals surface area (Å²) >= 11 is 0. The minimum atomic E-state index is -3.20. The SMILES string of the molecule is O=C(O)C(=O)O.O=S(=O)(Cc1ccccc1)N1CCN(CC2CC=CCC2)CC1. The summed E-state index contributed by atoms with van der Waals surface area (Å²) in [7, 11) is -3.20. The van der Waals surface area contributed by atoms with Gasteiger partial charge in [-0.05, 0) is 30.7 Å². The van der Waals surface area contributed by atoms with Crippen LogP contribution in [0.2, 0.25) is 0 Å². The average molecular weight is 425 g/mol. The number of piperazine rings is 1. The van der Waals surface area contributed by atoms with Gasteiger partial charge < -0.3 is 15.1 Å². The lowest BCUT2D eigenvalue weighted by Crippen LogP contribution is -2.50. The maximum absolute atomic E-state index is 12.5. The first-order valence-electron chi connectivity index (χ1n) is 9.63. The van der Waals surface area contributed by atoms with Crippen molar-refractivity contribution in [1.82, 2.24) is 9.21 Å². The zero-order valence-corrected chi connectivity index (χ0v) is 17.1. The quantitative estimate of drug-likeness (QED) is 0.545. The average Bonchev–Trinajstić information content (AvgIpc) is 2.70. The molecule has 0 saturated carbocycles. The summed E-state index contributed by atoms with van der Waals surface area (Å²) in [6, 6.07) is 9.45. The molecular formula is C20H28N2O6S. The highest BCUT2D eigenvalue weighted by molar-refractivity contribution is 7.88. The Morgan fingerprint density at radius 2 is 1.59 bits per heavy atom. The van der Waals surface area contributed by atoms with Crippen molar-refractivity contribution in [3.05, 3.63) is 48.0 Å². The Morgan fingerprint density at radius 1 is 0.966 bits per heavy atom. The molecule has 9 heteroatoms. The van der Waals surface area contributed by atoms with E-state index in [0.717, 1.165) is 31.1 Å². The number of allylic oxidation sites excluding steroid dienone is 2. The van der Waals surface area contributed by atoms with Crippen LogP contribution in [0, 0.1) is 5.92 Å². The highest BCUT2D eigenvalue weighted by atomic mass is 32.2. The van der Waals surface area contributed by atoms with Crippen molar-refractivity contribution < 1.29 is 28.2 Å². The summed E-state index contributed by atoms with van der Waals surface area (Å²) < 4.78 is 26.8. The van der Waals surface area contributed by atoms with Gasteiger partial charge in [0.05, 0.1) is 5.75 Å². The lowest BCUT2D eigenvalue weighted by Gasteiger charge is -2.36. The molecule has 29 heavy (non-hydrogen) atoms. The molecule has 0 amide bonds. The molecule has 1 fully saturated rings. The van der Waals surface area contributed by atoms with Crippen molar-refractivity contribution in [3.8, 4) is 0 Å². The van der Waals surface area contributed by atoms with Crippen molar-refractivity contribution in [2.75, 3.05) is 32.7 Å². The van der Waals surface area contributed by atoms with Gasteiger partial charge in [-0.15, -0.1) is 0 Å². The van der Waals surface area contributed by atoms with Crippen LogP contribution in [0.3, 0.4) is 0 Å². The molecule has 2 aliphatic rings. The van der Waals surface area contributed by atoms with E-state index in [0.29, 0.717) is 13.1 Å². The monoisotopic (exact) mass is 424 g/mol. The maximum atomic E-state index is 12.5. The molecule has 0 spiro atoms. The molecule has 3 rings (SSSR count). The lowest BCUT2D eigenvalue weighted by atomic mass is 9.94. The minimum Gasteiger partial charge on any atom is -0.473 e. The fourth-order valence-corrected chi connectivity index (χ4v) is 4.97. The second kappa shape index (κ2) is 11.1. The van der Waals surface area contributed by atoms with Crippen LogP contribution < -0.4 is 0 Å². The highest BCUT2D eigenvalue weighted by Gasteiger charge is 2.28. The van der Waals surface area contributed by atoms with E-state index >= 15 is 0 Å². The molecule has 1 aromatic carbocycles. The third-order valence-electron chi connectivity index (χ3n) is 4.99. The van der Waals surface area contributed by atoms with E-state index in [4.69, 9.17) is 19.8 Å². The summed E-state index contributed by atoms with van der Waals surface area (Å²) in [6.07, 6.45) is 8.19. The van der Waals surface area contributed by atoms with E-state index < -0.39 is 22.0 Å². The Hall–Kier alpha value is -2.23. The second-order valence-corrected chi connectivity index (χ2v) is 9.17. The summed E-state index contributed by atoms with van der Waals surface area (Å²) in [5.41, 5.74) is 0.865. The predicted octanol–water partition coefficient (Wildman–Crippen LogP) is 1.65. The van der Waals surface area contributed by atoms with Crippen molar-refractivity contribution in [2.24, 2.45) is 5.92 Å². The van der Waals surface area contributed by atoms with Crippen LogP contribution in [-0.2, 0) is 25.4 Å². The molecule has 0 radical (unpaired) electrons. The predicted molar refractivity (Wildman–Crippen MR) is 109 cm³/mol. The number of hydrogen-bond donors (Lipinski definition) is 2. The fraction of sp³-hybridized carbons (Fsp3) is 0.500. The van der Waals surface area contributed by atoms with E-state index in [9.17, 15) is 8.42 Å². The summed E-state index contributed by atoms with van der Waals surface area (Å²) in [5, 5.41) is 14.8. The molecule has 0 aromatic heterocycles. The smallest absolute Gasteiger partial charge is 0.414 e. The van der Waals surface area contributed by atoms with Crippen LogP contribution in [0.5, 0.6) is 0 Å². The molecule has 160 valence electrons. The number of carboxylic acids is 2. The fourth-order valence-electron chi connectivity index (χ4n) is 3.45. The second-order valence-electron chi connectivity index (χ2n) is 7.20. The van der Waals surface area contributed by atoms with Gasteiger partial charge in [0.15, 0.2) is 0 Å². The third-order valence-corrected chi connectivity index (χ3v) is 6.84. The molecule has 8 nitrogen and oxygen atoms in total. The third kappa shape index (κ3) is 7.96. The van der Waals surface area contributed by atoms with Crippen LogP contribution >= 0.6 is 0 Å². The maximum Gasteiger partial charge on any atom is 0.414 e. The van der Waals surface area contributed by atoms with Gasteiger partial charge >= 0.3 is 11.9 Å². The molecule has 1 aliphatic carbocycles. The Bertz CT molecular complexity index is 790. The van der Waals surface area contributed by atoms with Crippen LogP contribution in [0.15, 0.2) is 42.5 Å². The molecule has 0 bridgehead atoms. The molecule has 1 saturated heterocycles. The molecule has 2 N–H and O–H groups in total. The van der Waals surface area contributed by atoms with Gasteiger partial charge in [-0.2, -0.15) is 4.31 Å². The normalized spacial score (nSPS) is 20.5. The zero-order valence-electron chi connectivity index (χ0n) is 16.3. The van der Waals surface area contributed by atoms with Gasteiger partial charge in [0.1, 0.15) is 0 Å². The first kappa shape index (κ1) is 23.1. The van der Waals surface area contributed by atoms with E-state index in [1.807, 2.05) is 30.3 Å². The topological polar surface area (TPSA) is 115 Å².